The van der Waals surface area contributed by atoms with Crippen LogP contribution in [0, 0.1) is 12.7 Å². The maximum atomic E-state index is 13.0. The molecule has 0 aliphatic rings. The van der Waals surface area contributed by atoms with Gasteiger partial charge in [-0.1, -0.05) is 0 Å². The zero-order valence-electron chi connectivity index (χ0n) is 9.76. The first kappa shape index (κ1) is 10.7. The van der Waals surface area contributed by atoms with Gasteiger partial charge in [0, 0.05) is 18.0 Å². The van der Waals surface area contributed by atoms with Gasteiger partial charge in [0.1, 0.15) is 11.6 Å². The summed E-state index contributed by atoms with van der Waals surface area (Å²) in [6.07, 6.45) is 3.39. The highest BCUT2D eigenvalue weighted by atomic mass is 19.1. The second-order valence-electron chi connectivity index (χ2n) is 4.02. The minimum absolute atomic E-state index is 0.239. The maximum Gasteiger partial charge on any atom is 0.157 e. The predicted molar refractivity (Wildman–Crippen MR) is 67.4 cm³/mol. The van der Waals surface area contributed by atoms with Crippen LogP contribution in [0.2, 0.25) is 0 Å². The summed E-state index contributed by atoms with van der Waals surface area (Å²) in [5.74, 6) is 0.553. The van der Waals surface area contributed by atoms with Crippen LogP contribution in [0.5, 0.6) is 0 Å². The molecule has 0 atom stereocenters. The average Bonchev–Trinajstić information content (AvgIpc) is 2.82. The van der Waals surface area contributed by atoms with Crippen LogP contribution in [0.25, 0.3) is 5.65 Å². The summed E-state index contributed by atoms with van der Waals surface area (Å²) in [5, 5.41) is 7.40. The van der Waals surface area contributed by atoms with E-state index < -0.39 is 0 Å². The van der Waals surface area contributed by atoms with Crippen LogP contribution in [-0.2, 0) is 0 Å². The molecule has 4 nitrogen and oxygen atoms in total. The Labute approximate surface area is 103 Å². The summed E-state index contributed by atoms with van der Waals surface area (Å²) in [7, 11) is 0. The largest absolute Gasteiger partial charge is 0.340 e. The molecule has 0 unspecified atom stereocenters. The Morgan fingerprint density at radius 3 is 2.89 bits per heavy atom. The van der Waals surface area contributed by atoms with Crippen LogP contribution in [0.4, 0.5) is 15.9 Å². The molecule has 2 aromatic heterocycles. The first-order valence-electron chi connectivity index (χ1n) is 5.56. The van der Waals surface area contributed by atoms with Gasteiger partial charge in [-0.3, -0.25) is 0 Å². The Hall–Kier alpha value is -2.43. The third-order valence-corrected chi connectivity index (χ3v) is 2.74. The Balaban J connectivity index is 2.03. The van der Waals surface area contributed by atoms with Crippen molar-refractivity contribution in [2.45, 2.75) is 6.92 Å². The Kier molecular flexibility index (Phi) is 2.44. The fourth-order valence-electron chi connectivity index (χ4n) is 1.83. The lowest BCUT2D eigenvalue weighted by Crippen LogP contribution is -2.01. The van der Waals surface area contributed by atoms with Gasteiger partial charge in [0.15, 0.2) is 5.65 Å². The lowest BCUT2D eigenvalue weighted by atomic mass is 10.2. The summed E-state index contributed by atoms with van der Waals surface area (Å²) in [6, 6.07) is 8.27. The molecule has 90 valence electrons. The van der Waals surface area contributed by atoms with Crippen molar-refractivity contribution in [1.82, 2.24) is 14.6 Å². The van der Waals surface area contributed by atoms with Gasteiger partial charge in [0.05, 0.1) is 6.20 Å². The quantitative estimate of drug-likeness (QED) is 0.751. The van der Waals surface area contributed by atoms with E-state index in [2.05, 4.69) is 15.4 Å². The number of hydrogen-bond donors (Lipinski definition) is 1. The maximum absolute atomic E-state index is 13.0. The highest BCUT2D eigenvalue weighted by molar-refractivity contribution is 5.62. The van der Waals surface area contributed by atoms with Crippen LogP contribution in [0.1, 0.15) is 5.56 Å². The number of aromatic nitrogens is 3. The van der Waals surface area contributed by atoms with Gasteiger partial charge in [-0.2, -0.15) is 9.61 Å². The molecule has 0 saturated carbocycles. The number of fused-ring (bicyclic) bond motifs is 1. The van der Waals surface area contributed by atoms with Gasteiger partial charge in [-0.25, -0.2) is 9.37 Å². The summed E-state index contributed by atoms with van der Waals surface area (Å²) >= 11 is 0. The van der Waals surface area contributed by atoms with Gasteiger partial charge in [-0.05, 0) is 36.8 Å². The zero-order chi connectivity index (χ0) is 12.5. The Morgan fingerprint density at radius 1 is 1.17 bits per heavy atom. The van der Waals surface area contributed by atoms with Crippen LogP contribution in [-0.4, -0.2) is 14.6 Å². The summed E-state index contributed by atoms with van der Waals surface area (Å²) < 4.78 is 14.7. The Morgan fingerprint density at radius 2 is 2.06 bits per heavy atom. The summed E-state index contributed by atoms with van der Waals surface area (Å²) in [5.41, 5.74) is 2.45. The first-order chi connectivity index (χ1) is 8.74. The molecular formula is C13H11FN4. The standard InChI is InChI=1S/C13H11FN4/c1-9-8-10(14)2-3-11(9)17-13-4-6-15-12-5-7-16-18(12)13/h2-8,17H,1H3. The van der Waals surface area contributed by atoms with Crippen molar-refractivity contribution >= 4 is 17.2 Å². The molecule has 18 heavy (non-hydrogen) atoms. The van der Waals surface area contributed by atoms with Crippen molar-refractivity contribution < 1.29 is 4.39 Å². The molecule has 3 rings (SSSR count). The van der Waals surface area contributed by atoms with Gasteiger partial charge in [0.25, 0.3) is 0 Å². The monoisotopic (exact) mass is 242 g/mol. The van der Waals surface area contributed by atoms with Crippen molar-refractivity contribution in [3.8, 4) is 0 Å². The molecule has 3 aromatic rings. The minimum Gasteiger partial charge on any atom is -0.340 e. The molecule has 0 amide bonds. The van der Waals surface area contributed by atoms with Gasteiger partial charge < -0.3 is 5.32 Å². The van der Waals surface area contributed by atoms with E-state index in [1.54, 1.807) is 23.0 Å². The minimum atomic E-state index is -0.239. The fourth-order valence-corrected chi connectivity index (χ4v) is 1.83. The number of benzene rings is 1. The van der Waals surface area contributed by atoms with Crippen molar-refractivity contribution in [3.05, 3.63) is 54.1 Å². The molecule has 0 aliphatic carbocycles. The highest BCUT2D eigenvalue weighted by Crippen LogP contribution is 2.21. The topological polar surface area (TPSA) is 42.2 Å². The molecule has 0 spiro atoms. The molecule has 1 N–H and O–H groups in total. The number of nitrogens with one attached hydrogen (secondary N) is 1. The normalized spacial score (nSPS) is 10.8. The van der Waals surface area contributed by atoms with Gasteiger partial charge in [-0.15, -0.1) is 0 Å². The fraction of sp³-hybridized carbons (Fsp3) is 0.0769. The third-order valence-electron chi connectivity index (χ3n) is 2.74. The summed E-state index contributed by atoms with van der Waals surface area (Å²) in [6.45, 7) is 1.85. The zero-order valence-corrected chi connectivity index (χ0v) is 9.76. The van der Waals surface area contributed by atoms with E-state index >= 15 is 0 Å². The molecule has 5 heteroatoms. The molecule has 0 aliphatic heterocycles. The SMILES string of the molecule is Cc1cc(F)ccc1Nc1ccnc2ccnn12. The Bertz CT molecular complexity index is 705. The third kappa shape index (κ3) is 1.79. The van der Waals surface area contributed by atoms with E-state index in [0.717, 1.165) is 22.7 Å². The number of hydrogen-bond acceptors (Lipinski definition) is 3. The van der Waals surface area contributed by atoms with Crippen molar-refractivity contribution in [2.75, 3.05) is 5.32 Å². The smallest absolute Gasteiger partial charge is 0.157 e. The van der Waals surface area contributed by atoms with Crippen molar-refractivity contribution in [2.24, 2.45) is 0 Å². The summed E-state index contributed by atoms with van der Waals surface area (Å²) in [4.78, 5) is 4.18. The van der Waals surface area contributed by atoms with E-state index in [1.165, 1.54) is 12.1 Å². The van der Waals surface area contributed by atoms with Gasteiger partial charge in [0.2, 0.25) is 0 Å². The van der Waals surface area contributed by atoms with Crippen LogP contribution in [0.3, 0.4) is 0 Å². The molecule has 0 radical (unpaired) electrons. The molecule has 0 fully saturated rings. The van der Waals surface area contributed by atoms with E-state index in [-0.39, 0.29) is 5.82 Å². The highest BCUT2D eigenvalue weighted by Gasteiger charge is 2.04. The van der Waals surface area contributed by atoms with E-state index in [4.69, 9.17) is 0 Å². The van der Waals surface area contributed by atoms with Gasteiger partial charge >= 0.3 is 0 Å². The number of nitrogens with zero attached hydrogens (tertiary/aromatic N) is 3. The molecular weight excluding hydrogens is 231 g/mol. The predicted octanol–water partition coefficient (Wildman–Crippen LogP) is 2.92. The lowest BCUT2D eigenvalue weighted by molar-refractivity contribution is 0.627. The second kappa shape index (κ2) is 4.10. The second-order valence-corrected chi connectivity index (χ2v) is 4.02. The molecule has 2 heterocycles. The van der Waals surface area contributed by atoms with Crippen LogP contribution >= 0.6 is 0 Å². The van der Waals surface area contributed by atoms with Crippen LogP contribution < -0.4 is 5.32 Å². The van der Waals surface area contributed by atoms with E-state index in [1.807, 2.05) is 19.1 Å². The average molecular weight is 242 g/mol. The van der Waals surface area contributed by atoms with E-state index in [0.29, 0.717) is 0 Å². The number of halogens is 1. The van der Waals surface area contributed by atoms with Crippen molar-refractivity contribution in [1.29, 1.82) is 0 Å². The number of aryl methyl sites for hydroxylation is 1. The van der Waals surface area contributed by atoms with E-state index in [9.17, 15) is 4.39 Å². The molecule has 0 saturated heterocycles. The van der Waals surface area contributed by atoms with Crippen molar-refractivity contribution in [3.63, 3.8) is 0 Å². The van der Waals surface area contributed by atoms with Crippen LogP contribution in [0.15, 0.2) is 42.7 Å². The first-order valence-corrected chi connectivity index (χ1v) is 5.56. The molecule has 1 aromatic carbocycles. The number of anilines is 2. The number of rotatable bonds is 2. The lowest BCUT2D eigenvalue weighted by Gasteiger charge is -2.10. The molecule has 0 bridgehead atoms.